The van der Waals surface area contributed by atoms with Crippen LogP contribution in [0.15, 0.2) is 58.6 Å². The molecule has 0 bridgehead atoms. The van der Waals surface area contributed by atoms with Crippen LogP contribution in [0.3, 0.4) is 0 Å². The summed E-state index contributed by atoms with van der Waals surface area (Å²) in [4.78, 5) is 39.2. The van der Waals surface area contributed by atoms with Crippen LogP contribution in [0.1, 0.15) is 56.7 Å². The Morgan fingerprint density at radius 1 is 0.892 bits per heavy atom. The molecule has 2 aromatic carbocycles. The van der Waals surface area contributed by atoms with Crippen molar-refractivity contribution in [1.29, 1.82) is 0 Å². The third kappa shape index (κ3) is 4.82. The van der Waals surface area contributed by atoms with Gasteiger partial charge in [0.15, 0.2) is 0 Å². The Morgan fingerprint density at radius 3 is 2.14 bits per heavy atom. The van der Waals surface area contributed by atoms with Crippen molar-refractivity contribution in [3.63, 3.8) is 0 Å². The number of carbonyl (C=O) groups excluding carboxylic acids is 2. The maximum Gasteiger partial charge on any atom is 0.256 e. The summed E-state index contributed by atoms with van der Waals surface area (Å²) in [5.41, 5.74) is 8.28. The normalized spacial score (nSPS) is 21.8. The van der Waals surface area contributed by atoms with Crippen LogP contribution in [0.4, 0.5) is 11.4 Å². The average molecular weight is 566 g/mol. The average Bonchev–Trinajstić information content (AvgIpc) is 3.36. The summed E-state index contributed by atoms with van der Waals surface area (Å²) in [6.45, 7) is 11.4. The van der Waals surface area contributed by atoms with Crippen LogP contribution in [0.25, 0.3) is 0 Å². The Morgan fingerprint density at radius 2 is 1.49 bits per heavy atom. The van der Waals surface area contributed by atoms with Gasteiger partial charge in [-0.3, -0.25) is 19.6 Å². The predicted octanol–water partition coefficient (Wildman–Crippen LogP) is 4.94. The molecule has 7 heteroatoms. The Balaban J connectivity index is 0.00000280. The second-order valence-electron chi connectivity index (χ2n) is 10.4. The number of hydrogen-bond acceptors (Lipinski definition) is 4. The number of nitrogens with zero attached hydrogens (tertiary/aromatic N) is 4. The largest absolute Gasteiger partial charge is 0.337 e. The first kappa shape index (κ1) is 25.9. The molecule has 6 rings (SSSR count). The second kappa shape index (κ2) is 10.2. The summed E-state index contributed by atoms with van der Waals surface area (Å²) in [5, 5.41) is 0. The van der Waals surface area contributed by atoms with Crippen LogP contribution in [-0.4, -0.2) is 59.2 Å². The second-order valence-corrected chi connectivity index (χ2v) is 10.4. The van der Waals surface area contributed by atoms with Crippen LogP contribution < -0.4 is 0 Å². The maximum absolute atomic E-state index is 13.1. The molecule has 4 aliphatic rings. The zero-order valence-electron chi connectivity index (χ0n) is 21.2. The molecule has 0 N–H and O–H groups in total. The van der Waals surface area contributed by atoms with Crippen molar-refractivity contribution in [2.45, 2.75) is 51.1 Å². The summed E-state index contributed by atoms with van der Waals surface area (Å²) in [5.74, 6) is 0.0506. The van der Waals surface area contributed by atoms with Gasteiger partial charge >= 0.3 is 0 Å². The molecule has 0 unspecified atom stereocenters. The number of aryl methyl sites for hydroxylation is 3. The molecular formula is C30H29N4O2Y-. The fourth-order valence-corrected chi connectivity index (χ4v) is 5.71. The molecule has 37 heavy (non-hydrogen) atoms. The van der Waals surface area contributed by atoms with Gasteiger partial charge in [-0.25, -0.2) is 0 Å². The summed E-state index contributed by atoms with van der Waals surface area (Å²) in [7, 11) is 0. The quantitative estimate of drug-likeness (QED) is 0.389. The smallest absolute Gasteiger partial charge is 0.256 e. The molecule has 4 heterocycles. The van der Waals surface area contributed by atoms with Gasteiger partial charge in [0.25, 0.3) is 5.91 Å². The van der Waals surface area contributed by atoms with E-state index in [4.69, 9.17) is 0 Å². The number of amides is 2. The monoisotopic (exact) mass is 566 g/mol. The van der Waals surface area contributed by atoms with E-state index in [0.717, 1.165) is 65.8 Å². The molecule has 2 saturated heterocycles. The van der Waals surface area contributed by atoms with Crippen molar-refractivity contribution in [3.8, 4) is 0 Å². The van der Waals surface area contributed by atoms with E-state index in [-0.39, 0.29) is 56.6 Å². The number of carbonyl (C=O) groups is 2. The molecule has 2 aromatic rings. The van der Waals surface area contributed by atoms with Crippen molar-refractivity contribution >= 4 is 35.6 Å². The molecular weight excluding hydrogens is 537 g/mol. The van der Waals surface area contributed by atoms with E-state index in [1.807, 2.05) is 34.4 Å². The summed E-state index contributed by atoms with van der Waals surface area (Å²) in [6.07, 6.45) is 7.98. The van der Waals surface area contributed by atoms with Crippen LogP contribution in [0, 0.1) is 13.0 Å². The Bertz CT molecular complexity index is 1390. The molecule has 6 nitrogen and oxygen atoms in total. The third-order valence-corrected chi connectivity index (χ3v) is 7.67. The molecule has 185 valence electrons. The minimum absolute atomic E-state index is 0. The number of benzene rings is 2. The van der Waals surface area contributed by atoms with Gasteiger partial charge in [0, 0.05) is 58.2 Å². The van der Waals surface area contributed by atoms with Crippen LogP contribution in [0.5, 0.6) is 0 Å². The topological polar surface area (TPSA) is 65.3 Å². The summed E-state index contributed by atoms with van der Waals surface area (Å²) in [6, 6.07) is 11.2. The first-order valence-corrected chi connectivity index (χ1v) is 12.6. The molecule has 0 spiro atoms. The molecule has 4 aliphatic heterocycles. The van der Waals surface area contributed by atoms with E-state index < -0.39 is 0 Å². The number of aliphatic imine (C=N–C) groups is 2. The summed E-state index contributed by atoms with van der Waals surface area (Å²) >= 11 is 0. The Labute approximate surface area is 243 Å². The first-order valence-electron chi connectivity index (χ1n) is 12.6. The molecule has 2 fully saturated rings. The van der Waals surface area contributed by atoms with Gasteiger partial charge in [-0.2, -0.15) is 17.7 Å². The van der Waals surface area contributed by atoms with Crippen molar-refractivity contribution < 1.29 is 42.3 Å². The molecule has 0 aliphatic carbocycles. The van der Waals surface area contributed by atoms with Crippen molar-refractivity contribution in [2.75, 3.05) is 13.1 Å². The van der Waals surface area contributed by atoms with Gasteiger partial charge in [0.2, 0.25) is 5.91 Å². The van der Waals surface area contributed by atoms with Gasteiger partial charge in [0.05, 0.1) is 23.3 Å². The molecule has 0 saturated carbocycles. The minimum Gasteiger partial charge on any atom is -0.337 e. The number of hydrogen-bond donors (Lipinski definition) is 0. The van der Waals surface area contributed by atoms with Gasteiger partial charge < -0.3 is 9.80 Å². The first-order chi connectivity index (χ1) is 17.4. The zero-order chi connectivity index (χ0) is 25.0. The molecule has 0 aromatic heterocycles. The fraction of sp³-hybridized carbons (Fsp3) is 0.333. The Kier molecular flexibility index (Phi) is 7.17. The van der Waals surface area contributed by atoms with E-state index in [0.29, 0.717) is 24.2 Å². The van der Waals surface area contributed by atoms with Gasteiger partial charge in [0.1, 0.15) is 0 Å². The van der Waals surface area contributed by atoms with Crippen LogP contribution >= 0.6 is 0 Å². The molecule has 2 atom stereocenters. The number of fused-ring (bicyclic) bond motifs is 4. The van der Waals surface area contributed by atoms with E-state index in [1.54, 1.807) is 6.07 Å². The van der Waals surface area contributed by atoms with Gasteiger partial charge in [-0.1, -0.05) is 30.7 Å². The summed E-state index contributed by atoms with van der Waals surface area (Å²) < 4.78 is 0. The van der Waals surface area contributed by atoms with Gasteiger partial charge in [-0.15, -0.1) is 6.07 Å². The van der Waals surface area contributed by atoms with Crippen LogP contribution in [0.2, 0.25) is 0 Å². The predicted molar refractivity (Wildman–Crippen MR) is 142 cm³/mol. The van der Waals surface area contributed by atoms with E-state index >= 15 is 0 Å². The van der Waals surface area contributed by atoms with Gasteiger partial charge in [-0.05, 0) is 67.1 Å². The molecule has 1 radical (unpaired) electrons. The van der Waals surface area contributed by atoms with Crippen molar-refractivity contribution in [1.82, 2.24) is 9.80 Å². The fourth-order valence-electron chi connectivity index (χ4n) is 5.71. The molecule has 2 amide bonds. The van der Waals surface area contributed by atoms with E-state index in [1.165, 1.54) is 5.56 Å². The van der Waals surface area contributed by atoms with E-state index in [2.05, 4.69) is 42.2 Å². The van der Waals surface area contributed by atoms with Crippen LogP contribution in [-0.2, 0) is 45.6 Å². The third-order valence-electron chi connectivity index (χ3n) is 7.67. The maximum atomic E-state index is 13.1. The van der Waals surface area contributed by atoms with Crippen molar-refractivity contribution in [2.24, 2.45) is 9.98 Å². The number of rotatable bonds is 4. The SMILES string of the molecule is C=C1C[C@H]2C=Nc3cc(CCCc4cc5c(cc4C)C(=O)N4CC(=C)C[C@H]4C=N5)[c-]cc3C(=O)N2C1.[Y]. The standard InChI is InChI=1S/C30H29N4O2.Y/c1-18-9-23-14-31-27-12-21(7-8-25(27)29(35)33(23)16-18)5-4-6-22-13-28-26(11-20(22)3)30(36)34-17-19(2)10-24(34)15-32-28;/h8,11-15,23-24H,1-2,4-6,9-10,16-17H2,3H3;/q-1;/t23-,24-;/m0./s1. The Hall–Kier alpha value is -2.70. The van der Waals surface area contributed by atoms with Crippen molar-refractivity contribution in [3.05, 3.63) is 82.5 Å². The zero-order valence-corrected chi connectivity index (χ0v) is 24.0. The van der Waals surface area contributed by atoms with E-state index in [9.17, 15) is 9.59 Å². The minimum atomic E-state index is 0.